The van der Waals surface area contributed by atoms with Crippen LogP contribution in [0.5, 0.6) is 0 Å². The fraction of sp³-hybridized carbons (Fsp3) is 0.167. The highest BCUT2D eigenvalue weighted by atomic mass is 16.2. The van der Waals surface area contributed by atoms with Crippen molar-refractivity contribution in [2.24, 2.45) is 5.92 Å². The number of carbonyl (C=O) groups excluding carboxylic acids is 3. The smallest absolute Gasteiger partial charge is 0.225 e. The number of carbonyl (C=O) groups is 3. The van der Waals surface area contributed by atoms with Gasteiger partial charge < -0.3 is 0 Å². The summed E-state index contributed by atoms with van der Waals surface area (Å²) in [5.74, 6) is -0.163. The predicted octanol–water partition coefficient (Wildman–Crippen LogP) is 3.59. The lowest BCUT2D eigenvalue weighted by molar-refractivity contribution is -0.104. The van der Waals surface area contributed by atoms with Crippen molar-refractivity contribution in [3.63, 3.8) is 0 Å². The third kappa shape index (κ3) is 5.53. The van der Waals surface area contributed by atoms with Gasteiger partial charge in [0.1, 0.15) is 0 Å². The van der Waals surface area contributed by atoms with Crippen LogP contribution in [0.3, 0.4) is 0 Å². The van der Waals surface area contributed by atoms with Crippen molar-refractivity contribution in [3.05, 3.63) is 71.8 Å². The number of hydrogen-bond donors (Lipinski definition) is 0. The number of aldehydes is 1. The summed E-state index contributed by atoms with van der Waals surface area (Å²) in [5, 5.41) is 0. The van der Waals surface area contributed by atoms with Crippen LogP contribution >= 0.6 is 0 Å². The molecule has 2 aromatic rings. The Kier molecular flexibility index (Phi) is 6.75. The fourth-order valence-corrected chi connectivity index (χ4v) is 1.61. The fourth-order valence-electron chi connectivity index (χ4n) is 1.61. The van der Waals surface area contributed by atoms with Gasteiger partial charge in [0, 0.05) is 17.0 Å². The first kappa shape index (κ1) is 16.5. The van der Waals surface area contributed by atoms with Gasteiger partial charge in [0.2, 0.25) is 5.78 Å². The third-order valence-electron chi connectivity index (χ3n) is 2.75. The molecule has 0 aliphatic carbocycles. The zero-order chi connectivity index (χ0) is 15.7. The van der Waals surface area contributed by atoms with Gasteiger partial charge in [-0.3, -0.25) is 14.4 Å². The molecule has 0 radical (unpaired) electrons. The van der Waals surface area contributed by atoms with Gasteiger partial charge >= 0.3 is 0 Å². The van der Waals surface area contributed by atoms with E-state index in [9.17, 15) is 14.4 Å². The molecule has 0 saturated heterocycles. The SMILES string of the molecule is CC(C)C(=O)c1ccccc1.O=CC(=O)c1ccccc1. The highest BCUT2D eigenvalue weighted by Crippen LogP contribution is 2.06. The Balaban J connectivity index is 0.000000211. The summed E-state index contributed by atoms with van der Waals surface area (Å²) < 4.78 is 0. The highest BCUT2D eigenvalue weighted by Gasteiger charge is 2.08. The second-order valence-electron chi connectivity index (χ2n) is 4.73. The largest absolute Gasteiger partial charge is 0.294 e. The van der Waals surface area contributed by atoms with E-state index in [0.717, 1.165) is 5.56 Å². The van der Waals surface area contributed by atoms with Crippen molar-refractivity contribution in [2.75, 3.05) is 0 Å². The van der Waals surface area contributed by atoms with Crippen LogP contribution in [-0.4, -0.2) is 17.9 Å². The zero-order valence-electron chi connectivity index (χ0n) is 12.2. The standard InChI is InChI=1S/C10H12O.C8H6O2/c1-8(2)10(11)9-6-4-3-5-7-9;9-6-8(10)7-4-2-1-3-5-7/h3-8H,1-2H3;1-6H. The molecule has 2 rings (SSSR count). The second-order valence-corrected chi connectivity index (χ2v) is 4.73. The van der Waals surface area contributed by atoms with E-state index in [-0.39, 0.29) is 11.7 Å². The zero-order valence-corrected chi connectivity index (χ0v) is 12.2. The molecule has 21 heavy (non-hydrogen) atoms. The number of hydrogen-bond acceptors (Lipinski definition) is 3. The normalized spacial score (nSPS) is 9.48. The van der Waals surface area contributed by atoms with Gasteiger partial charge in [0.05, 0.1) is 0 Å². The van der Waals surface area contributed by atoms with Crippen LogP contribution in [0, 0.1) is 5.92 Å². The van der Waals surface area contributed by atoms with Crippen LogP contribution < -0.4 is 0 Å². The Morgan fingerprint density at radius 2 is 1.24 bits per heavy atom. The molecule has 0 aromatic heterocycles. The van der Waals surface area contributed by atoms with Gasteiger partial charge in [-0.05, 0) is 0 Å². The van der Waals surface area contributed by atoms with Gasteiger partial charge in [-0.2, -0.15) is 0 Å². The first-order valence-electron chi connectivity index (χ1n) is 6.70. The Hall–Kier alpha value is -2.55. The number of rotatable bonds is 4. The number of Topliss-reactive ketones (excluding diaryl/α,β-unsaturated/α-hetero) is 2. The summed E-state index contributed by atoms with van der Waals surface area (Å²) in [6, 6.07) is 17.8. The summed E-state index contributed by atoms with van der Waals surface area (Å²) >= 11 is 0. The molecular weight excluding hydrogens is 264 g/mol. The maximum Gasteiger partial charge on any atom is 0.225 e. The lowest BCUT2D eigenvalue weighted by Gasteiger charge is -2.01. The van der Waals surface area contributed by atoms with E-state index >= 15 is 0 Å². The molecule has 2 aromatic carbocycles. The molecule has 3 heteroatoms. The van der Waals surface area contributed by atoms with Crippen LogP contribution in [0.1, 0.15) is 34.6 Å². The summed E-state index contributed by atoms with van der Waals surface area (Å²) in [4.78, 5) is 31.9. The van der Waals surface area contributed by atoms with Crippen molar-refractivity contribution in [3.8, 4) is 0 Å². The van der Waals surface area contributed by atoms with Gasteiger partial charge in [-0.15, -0.1) is 0 Å². The quantitative estimate of drug-likeness (QED) is 0.489. The second kappa shape index (κ2) is 8.59. The Bertz CT molecular complexity index is 586. The van der Waals surface area contributed by atoms with Crippen LogP contribution in [-0.2, 0) is 4.79 Å². The van der Waals surface area contributed by atoms with Crippen molar-refractivity contribution < 1.29 is 14.4 Å². The molecule has 0 unspecified atom stereocenters. The maximum atomic E-state index is 11.3. The molecule has 0 atom stereocenters. The summed E-state index contributed by atoms with van der Waals surface area (Å²) in [5.41, 5.74) is 1.25. The minimum absolute atomic E-state index is 0.0948. The van der Waals surface area contributed by atoms with Crippen LogP contribution in [0.4, 0.5) is 0 Å². The summed E-state index contributed by atoms with van der Waals surface area (Å²) in [7, 11) is 0. The molecule has 0 fully saturated rings. The Labute approximate surface area is 124 Å². The molecule has 0 bridgehead atoms. The lowest BCUT2D eigenvalue weighted by atomic mass is 10.0. The Morgan fingerprint density at radius 3 is 1.62 bits per heavy atom. The van der Waals surface area contributed by atoms with Crippen molar-refractivity contribution in [1.82, 2.24) is 0 Å². The molecule has 0 spiro atoms. The monoisotopic (exact) mass is 282 g/mol. The molecule has 3 nitrogen and oxygen atoms in total. The van der Waals surface area contributed by atoms with Gasteiger partial charge in [0.15, 0.2) is 12.1 Å². The molecule has 0 aliphatic heterocycles. The molecule has 0 aliphatic rings. The predicted molar refractivity (Wildman–Crippen MR) is 82.4 cm³/mol. The van der Waals surface area contributed by atoms with Crippen molar-refractivity contribution in [2.45, 2.75) is 13.8 Å². The van der Waals surface area contributed by atoms with E-state index in [1.54, 1.807) is 30.3 Å². The molecule has 0 amide bonds. The highest BCUT2D eigenvalue weighted by molar-refractivity contribution is 6.33. The number of ketones is 2. The van der Waals surface area contributed by atoms with Gasteiger partial charge in [-0.1, -0.05) is 74.5 Å². The topological polar surface area (TPSA) is 51.2 Å². The minimum atomic E-state index is -0.472. The summed E-state index contributed by atoms with van der Waals surface area (Å²) in [6.07, 6.45) is 0.315. The van der Waals surface area contributed by atoms with Gasteiger partial charge in [-0.25, -0.2) is 0 Å². The van der Waals surface area contributed by atoms with Crippen molar-refractivity contribution >= 4 is 17.9 Å². The lowest BCUT2D eigenvalue weighted by Crippen LogP contribution is -2.06. The van der Waals surface area contributed by atoms with E-state index in [1.165, 1.54) is 0 Å². The van der Waals surface area contributed by atoms with Gasteiger partial charge in [0.25, 0.3) is 0 Å². The molecule has 0 N–H and O–H groups in total. The molecule has 0 saturated carbocycles. The first-order chi connectivity index (χ1) is 10.1. The minimum Gasteiger partial charge on any atom is -0.294 e. The van der Waals surface area contributed by atoms with E-state index in [1.807, 2.05) is 44.2 Å². The van der Waals surface area contributed by atoms with E-state index in [2.05, 4.69) is 0 Å². The average Bonchev–Trinajstić information content (AvgIpc) is 2.55. The average molecular weight is 282 g/mol. The van der Waals surface area contributed by atoms with E-state index in [4.69, 9.17) is 0 Å². The van der Waals surface area contributed by atoms with E-state index < -0.39 is 5.78 Å². The molecular formula is C18H18O3. The molecule has 0 heterocycles. The molecule has 108 valence electrons. The van der Waals surface area contributed by atoms with E-state index in [0.29, 0.717) is 11.8 Å². The first-order valence-corrected chi connectivity index (χ1v) is 6.70. The maximum absolute atomic E-state index is 11.3. The number of benzene rings is 2. The Morgan fingerprint density at radius 1 is 0.810 bits per heavy atom. The van der Waals surface area contributed by atoms with Crippen LogP contribution in [0.25, 0.3) is 0 Å². The third-order valence-corrected chi connectivity index (χ3v) is 2.75. The van der Waals surface area contributed by atoms with Crippen LogP contribution in [0.15, 0.2) is 60.7 Å². The van der Waals surface area contributed by atoms with Crippen LogP contribution in [0.2, 0.25) is 0 Å². The van der Waals surface area contributed by atoms with Crippen molar-refractivity contribution in [1.29, 1.82) is 0 Å². The summed E-state index contributed by atoms with van der Waals surface area (Å²) in [6.45, 7) is 3.82.